The molecule has 0 saturated heterocycles. The largest absolute Gasteiger partial charge is 0.462 e. The maximum absolute atomic E-state index is 12.0. The van der Waals surface area contributed by atoms with Gasteiger partial charge in [-0.15, -0.1) is 0 Å². The van der Waals surface area contributed by atoms with E-state index >= 15 is 0 Å². The summed E-state index contributed by atoms with van der Waals surface area (Å²) in [5.41, 5.74) is 0.868. The molecule has 0 heterocycles. The SMILES string of the molecule is CSC(=Nc1ccccc1C(=O)OCC(C)C)NC#N. The molecule has 0 atom stereocenters. The number of benzene rings is 1. The Bertz CT molecular complexity index is 535. The zero-order valence-electron chi connectivity index (χ0n) is 11.7. The fourth-order valence-electron chi connectivity index (χ4n) is 1.35. The third-order valence-electron chi connectivity index (χ3n) is 2.25. The Hall–Kier alpha value is -2.00. The molecular formula is C14H17N3O2S. The molecule has 0 aliphatic rings. The van der Waals surface area contributed by atoms with Gasteiger partial charge in [-0.2, -0.15) is 5.26 Å². The lowest BCUT2D eigenvalue weighted by Crippen LogP contribution is -2.14. The van der Waals surface area contributed by atoms with Crippen LogP contribution < -0.4 is 5.32 Å². The van der Waals surface area contributed by atoms with Crippen LogP contribution in [-0.4, -0.2) is 24.0 Å². The first-order valence-corrected chi connectivity index (χ1v) is 7.35. The minimum Gasteiger partial charge on any atom is -0.462 e. The quantitative estimate of drug-likeness (QED) is 0.303. The van der Waals surface area contributed by atoms with Crippen molar-refractivity contribution in [3.8, 4) is 6.19 Å². The number of hydrogen-bond donors (Lipinski definition) is 1. The second kappa shape index (κ2) is 8.23. The fraction of sp³-hybridized carbons (Fsp3) is 0.357. The normalized spacial score (nSPS) is 11.1. The number of para-hydroxylation sites is 1. The second-order valence-corrected chi connectivity index (χ2v) is 5.16. The van der Waals surface area contributed by atoms with Gasteiger partial charge >= 0.3 is 5.97 Å². The van der Waals surface area contributed by atoms with E-state index in [1.165, 1.54) is 11.8 Å². The first kappa shape index (κ1) is 16.1. The minimum absolute atomic E-state index is 0.275. The molecule has 0 amide bonds. The van der Waals surface area contributed by atoms with Gasteiger partial charge in [-0.1, -0.05) is 37.7 Å². The molecule has 0 bridgehead atoms. The van der Waals surface area contributed by atoms with Gasteiger partial charge in [-0.05, 0) is 24.3 Å². The molecule has 20 heavy (non-hydrogen) atoms. The topological polar surface area (TPSA) is 74.5 Å². The van der Waals surface area contributed by atoms with Crippen LogP contribution in [0.4, 0.5) is 5.69 Å². The number of thioether (sulfide) groups is 1. The lowest BCUT2D eigenvalue weighted by molar-refractivity contribution is 0.0460. The molecule has 5 nitrogen and oxygen atoms in total. The van der Waals surface area contributed by atoms with Crippen LogP contribution in [0, 0.1) is 17.4 Å². The molecule has 1 rings (SSSR count). The summed E-state index contributed by atoms with van der Waals surface area (Å²) in [5, 5.41) is 11.5. The van der Waals surface area contributed by atoms with Gasteiger partial charge in [0.1, 0.15) is 0 Å². The van der Waals surface area contributed by atoms with Crippen molar-refractivity contribution in [2.45, 2.75) is 13.8 Å². The lowest BCUT2D eigenvalue weighted by atomic mass is 10.2. The molecule has 0 spiro atoms. The number of nitrogens with zero attached hydrogens (tertiary/aromatic N) is 2. The summed E-state index contributed by atoms with van der Waals surface area (Å²) in [6.45, 7) is 4.31. The molecule has 106 valence electrons. The Morgan fingerprint density at radius 1 is 1.50 bits per heavy atom. The highest BCUT2D eigenvalue weighted by atomic mass is 32.2. The number of rotatable bonds is 4. The molecule has 6 heteroatoms. The van der Waals surface area contributed by atoms with Gasteiger partial charge in [0.2, 0.25) is 0 Å². The summed E-state index contributed by atoms with van der Waals surface area (Å²) in [7, 11) is 0. The molecule has 0 fully saturated rings. The van der Waals surface area contributed by atoms with E-state index in [-0.39, 0.29) is 5.92 Å². The Kier molecular flexibility index (Phi) is 6.60. The van der Waals surface area contributed by atoms with E-state index in [2.05, 4.69) is 10.3 Å². The van der Waals surface area contributed by atoms with Crippen LogP contribution in [0.2, 0.25) is 0 Å². The predicted molar refractivity (Wildman–Crippen MR) is 80.9 cm³/mol. The second-order valence-electron chi connectivity index (χ2n) is 4.37. The van der Waals surface area contributed by atoms with Crippen LogP contribution in [-0.2, 0) is 4.74 Å². The van der Waals surface area contributed by atoms with Gasteiger partial charge < -0.3 is 4.74 Å². The Balaban J connectivity index is 2.99. The number of nitrogens with one attached hydrogen (secondary N) is 1. The van der Waals surface area contributed by atoms with Crippen molar-refractivity contribution >= 4 is 28.6 Å². The smallest absolute Gasteiger partial charge is 0.340 e. The average molecular weight is 291 g/mol. The first-order chi connectivity index (χ1) is 9.58. The van der Waals surface area contributed by atoms with E-state index in [0.717, 1.165) is 0 Å². The first-order valence-electron chi connectivity index (χ1n) is 6.12. The van der Waals surface area contributed by atoms with Crippen LogP contribution in [0.1, 0.15) is 24.2 Å². The molecule has 0 radical (unpaired) electrons. The highest BCUT2D eigenvalue weighted by Gasteiger charge is 2.13. The molecule has 1 N–H and O–H groups in total. The Morgan fingerprint density at radius 2 is 2.20 bits per heavy atom. The zero-order valence-corrected chi connectivity index (χ0v) is 12.5. The van der Waals surface area contributed by atoms with Crippen LogP contribution in [0.5, 0.6) is 0 Å². The van der Waals surface area contributed by atoms with Crippen molar-refractivity contribution in [1.29, 1.82) is 5.26 Å². The Morgan fingerprint density at radius 3 is 2.80 bits per heavy atom. The van der Waals surface area contributed by atoms with E-state index in [1.54, 1.807) is 30.5 Å². The number of esters is 1. The number of aliphatic imine (C=N–C) groups is 1. The molecule has 0 saturated carbocycles. The molecular weight excluding hydrogens is 274 g/mol. The van der Waals surface area contributed by atoms with Crippen LogP contribution >= 0.6 is 11.8 Å². The number of ether oxygens (including phenoxy) is 1. The van der Waals surface area contributed by atoms with E-state index in [9.17, 15) is 4.79 Å². The van der Waals surface area contributed by atoms with Crippen molar-refractivity contribution in [3.63, 3.8) is 0 Å². The summed E-state index contributed by atoms with van der Waals surface area (Å²) in [6, 6.07) is 6.90. The highest BCUT2D eigenvalue weighted by molar-refractivity contribution is 8.13. The van der Waals surface area contributed by atoms with Crippen molar-refractivity contribution in [2.24, 2.45) is 10.9 Å². The van der Waals surface area contributed by atoms with Crippen molar-refractivity contribution in [1.82, 2.24) is 5.32 Å². The molecule has 1 aromatic rings. The molecule has 0 aliphatic heterocycles. The van der Waals surface area contributed by atoms with Crippen molar-refractivity contribution < 1.29 is 9.53 Å². The van der Waals surface area contributed by atoms with Crippen LogP contribution in [0.15, 0.2) is 29.3 Å². The van der Waals surface area contributed by atoms with E-state index in [4.69, 9.17) is 10.00 Å². The average Bonchev–Trinajstić information content (AvgIpc) is 2.44. The summed E-state index contributed by atoms with van der Waals surface area (Å²) in [4.78, 5) is 16.3. The third kappa shape index (κ3) is 4.94. The molecule has 0 aliphatic carbocycles. The highest BCUT2D eigenvalue weighted by Crippen LogP contribution is 2.21. The maximum atomic E-state index is 12.0. The van der Waals surface area contributed by atoms with E-state index in [1.807, 2.05) is 20.0 Å². The van der Waals surface area contributed by atoms with Crippen LogP contribution in [0.3, 0.4) is 0 Å². The van der Waals surface area contributed by atoms with Gasteiger partial charge in [0.25, 0.3) is 0 Å². The predicted octanol–water partition coefficient (Wildman–Crippen LogP) is 2.92. The van der Waals surface area contributed by atoms with Crippen molar-refractivity contribution in [3.05, 3.63) is 29.8 Å². The number of amidine groups is 1. The van der Waals surface area contributed by atoms with E-state index < -0.39 is 5.97 Å². The van der Waals surface area contributed by atoms with Gasteiger partial charge in [-0.25, -0.2) is 9.79 Å². The molecule has 0 aromatic heterocycles. The standard InChI is InChI=1S/C14H17N3O2S/c1-10(2)8-19-13(18)11-6-4-5-7-12(11)17-14(20-3)16-9-15/h4-7,10H,8H2,1-3H3,(H,16,17). The number of hydrogen-bond acceptors (Lipinski definition) is 5. The van der Waals surface area contributed by atoms with Crippen molar-refractivity contribution in [2.75, 3.05) is 12.9 Å². The lowest BCUT2D eigenvalue weighted by Gasteiger charge is -2.09. The van der Waals surface area contributed by atoms with Gasteiger partial charge in [0.15, 0.2) is 11.4 Å². The fourth-order valence-corrected chi connectivity index (χ4v) is 1.68. The maximum Gasteiger partial charge on any atom is 0.340 e. The summed E-state index contributed by atoms with van der Waals surface area (Å²) in [5.74, 6) is -0.132. The number of carbonyl (C=O) groups is 1. The summed E-state index contributed by atoms with van der Waals surface area (Å²) in [6.07, 6.45) is 3.60. The monoisotopic (exact) mass is 291 g/mol. The Labute approximate surface area is 123 Å². The van der Waals surface area contributed by atoms with Gasteiger partial charge in [0, 0.05) is 0 Å². The summed E-state index contributed by atoms with van der Waals surface area (Å²) >= 11 is 1.29. The number of carbonyl (C=O) groups excluding carboxylic acids is 1. The van der Waals surface area contributed by atoms with E-state index in [0.29, 0.717) is 23.0 Å². The van der Waals surface area contributed by atoms with Crippen LogP contribution in [0.25, 0.3) is 0 Å². The minimum atomic E-state index is -0.407. The number of nitriles is 1. The summed E-state index contributed by atoms with van der Waals surface area (Å²) < 4.78 is 5.20. The molecule has 0 unspecified atom stereocenters. The third-order valence-corrected chi connectivity index (χ3v) is 2.83. The zero-order chi connectivity index (χ0) is 15.0. The van der Waals surface area contributed by atoms with Gasteiger partial charge in [0.05, 0.1) is 17.9 Å². The molecule has 1 aromatic carbocycles. The van der Waals surface area contributed by atoms with Gasteiger partial charge in [-0.3, -0.25) is 5.32 Å².